The van der Waals surface area contributed by atoms with E-state index < -0.39 is 0 Å². The van der Waals surface area contributed by atoms with Crippen molar-refractivity contribution in [3.63, 3.8) is 0 Å². The van der Waals surface area contributed by atoms with Crippen molar-refractivity contribution in [2.75, 3.05) is 0 Å². The lowest BCUT2D eigenvalue weighted by atomic mass is 10.0. The number of aryl methyl sites for hydroxylation is 2. The Morgan fingerprint density at radius 3 is 2.65 bits per heavy atom. The van der Waals surface area contributed by atoms with Crippen molar-refractivity contribution >= 4 is 5.78 Å². The highest BCUT2D eigenvalue weighted by Gasteiger charge is 2.20. The highest BCUT2D eigenvalue weighted by atomic mass is 15.3. The minimum absolute atomic E-state index is 0.160. The molecule has 17 heavy (non-hydrogen) atoms. The van der Waals surface area contributed by atoms with Crippen LogP contribution in [0, 0.1) is 19.8 Å². The minimum atomic E-state index is 0.160. The van der Waals surface area contributed by atoms with Crippen LogP contribution in [-0.2, 0) is 0 Å². The van der Waals surface area contributed by atoms with Crippen molar-refractivity contribution in [3.8, 4) is 0 Å². The fourth-order valence-corrected chi connectivity index (χ4v) is 2.19. The molecular weight excluding hydrogens is 214 g/mol. The van der Waals surface area contributed by atoms with Gasteiger partial charge in [-0.05, 0) is 25.8 Å². The van der Waals surface area contributed by atoms with Gasteiger partial charge in [-0.2, -0.15) is 0 Å². The van der Waals surface area contributed by atoms with Crippen LogP contribution in [0.4, 0.5) is 0 Å². The second-order valence-corrected chi connectivity index (χ2v) is 5.06. The van der Waals surface area contributed by atoms with Gasteiger partial charge in [-0.3, -0.25) is 4.40 Å². The van der Waals surface area contributed by atoms with Crippen molar-refractivity contribution < 1.29 is 5.73 Å². The van der Waals surface area contributed by atoms with Crippen LogP contribution in [0.1, 0.15) is 43.5 Å². The third-order valence-corrected chi connectivity index (χ3v) is 2.84. The maximum Gasteiger partial charge on any atom is 0.255 e. The molecule has 0 spiro atoms. The maximum atomic E-state index is 4.38. The maximum absolute atomic E-state index is 4.38. The lowest BCUT2D eigenvalue weighted by Crippen LogP contribution is -2.54. The van der Waals surface area contributed by atoms with Crippen molar-refractivity contribution in [2.24, 2.45) is 5.92 Å². The van der Waals surface area contributed by atoms with E-state index in [1.54, 1.807) is 0 Å². The highest BCUT2D eigenvalue weighted by molar-refractivity contribution is 5.32. The molecule has 92 valence electrons. The predicted octanol–water partition coefficient (Wildman–Crippen LogP) is 1.07. The van der Waals surface area contributed by atoms with Crippen LogP contribution in [0.5, 0.6) is 0 Å². The van der Waals surface area contributed by atoms with Crippen molar-refractivity contribution in [2.45, 2.75) is 40.2 Å². The van der Waals surface area contributed by atoms with Crippen molar-refractivity contribution in [3.05, 3.63) is 23.3 Å². The fraction of sp³-hybridized carbons (Fsp3) is 0.583. The zero-order valence-electron chi connectivity index (χ0n) is 10.9. The van der Waals surface area contributed by atoms with Crippen LogP contribution in [0.15, 0.2) is 6.07 Å². The Morgan fingerprint density at radius 2 is 2.00 bits per heavy atom. The Balaban J connectivity index is 2.49. The molecule has 0 amide bonds. The number of quaternary nitrogens is 1. The summed E-state index contributed by atoms with van der Waals surface area (Å²) in [6.45, 7) is 8.40. The molecule has 0 saturated carbocycles. The van der Waals surface area contributed by atoms with E-state index in [1.807, 2.05) is 17.4 Å². The van der Waals surface area contributed by atoms with Gasteiger partial charge in [-0.25, -0.2) is 4.98 Å². The molecule has 2 rings (SSSR count). The Labute approximate surface area is 101 Å². The summed E-state index contributed by atoms with van der Waals surface area (Å²) in [5, 5.41) is 8.37. The Hall–Kier alpha value is -1.49. The van der Waals surface area contributed by atoms with Crippen LogP contribution in [0.3, 0.4) is 0 Å². The van der Waals surface area contributed by atoms with E-state index >= 15 is 0 Å². The third-order valence-electron chi connectivity index (χ3n) is 2.84. The molecule has 0 aromatic carbocycles. The minimum Gasteiger partial charge on any atom is -0.349 e. The molecule has 0 aliphatic heterocycles. The quantitative estimate of drug-likeness (QED) is 0.863. The van der Waals surface area contributed by atoms with Gasteiger partial charge in [0, 0.05) is 17.8 Å². The first kappa shape index (κ1) is 12.0. The fourth-order valence-electron chi connectivity index (χ4n) is 2.19. The molecule has 0 bridgehead atoms. The molecular formula is C12H20N5+. The highest BCUT2D eigenvalue weighted by Crippen LogP contribution is 2.17. The van der Waals surface area contributed by atoms with E-state index in [1.165, 1.54) is 0 Å². The first-order valence-corrected chi connectivity index (χ1v) is 6.01. The van der Waals surface area contributed by atoms with E-state index in [-0.39, 0.29) is 6.04 Å². The van der Waals surface area contributed by atoms with Crippen LogP contribution in [0.2, 0.25) is 0 Å². The second-order valence-electron chi connectivity index (χ2n) is 5.06. The summed E-state index contributed by atoms with van der Waals surface area (Å²) >= 11 is 0. The van der Waals surface area contributed by atoms with Gasteiger partial charge in [0.1, 0.15) is 6.04 Å². The van der Waals surface area contributed by atoms with Crippen LogP contribution >= 0.6 is 0 Å². The molecule has 2 heterocycles. The smallest absolute Gasteiger partial charge is 0.255 e. The lowest BCUT2D eigenvalue weighted by Gasteiger charge is -2.10. The van der Waals surface area contributed by atoms with Gasteiger partial charge in [0.05, 0.1) is 0 Å². The first-order valence-electron chi connectivity index (χ1n) is 6.01. The van der Waals surface area contributed by atoms with Gasteiger partial charge in [-0.15, -0.1) is 10.2 Å². The summed E-state index contributed by atoms with van der Waals surface area (Å²) in [6, 6.07) is 2.20. The molecule has 0 aliphatic rings. The standard InChI is InChI=1S/C12H19N5/c1-7(2)5-10(13)11-15-16-12-14-8(3)6-9(4)17(11)12/h6-7,10H,5,13H2,1-4H3/p+1/t10-/m0/s1. The summed E-state index contributed by atoms with van der Waals surface area (Å²) in [4.78, 5) is 4.38. The van der Waals surface area contributed by atoms with Gasteiger partial charge >= 0.3 is 0 Å². The monoisotopic (exact) mass is 234 g/mol. The number of rotatable bonds is 3. The zero-order valence-corrected chi connectivity index (χ0v) is 10.9. The number of hydrogen-bond acceptors (Lipinski definition) is 3. The third kappa shape index (κ3) is 2.29. The molecule has 1 atom stereocenters. The molecule has 0 radical (unpaired) electrons. The summed E-state index contributed by atoms with van der Waals surface area (Å²) in [6.07, 6.45) is 1.01. The summed E-state index contributed by atoms with van der Waals surface area (Å²) in [5.74, 6) is 2.19. The summed E-state index contributed by atoms with van der Waals surface area (Å²) < 4.78 is 2.01. The first-order chi connectivity index (χ1) is 7.99. The Bertz CT molecular complexity index is 529. The van der Waals surface area contributed by atoms with E-state index in [0.29, 0.717) is 11.7 Å². The van der Waals surface area contributed by atoms with Crippen LogP contribution in [0.25, 0.3) is 5.78 Å². The van der Waals surface area contributed by atoms with E-state index in [0.717, 1.165) is 23.6 Å². The number of fused-ring (bicyclic) bond motifs is 1. The van der Waals surface area contributed by atoms with Crippen molar-refractivity contribution in [1.29, 1.82) is 0 Å². The van der Waals surface area contributed by atoms with E-state index in [4.69, 9.17) is 0 Å². The van der Waals surface area contributed by atoms with E-state index in [2.05, 4.69) is 41.7 Å². The van der Waals surface area contributed by atoms with Crippen molar-refractivity contribution in [1.82, 2.24) is 19.6 Å². The largest absolute Gasteiger partial charge is 0.349 e. The van der Waals surface area contributed by atoms with Gasteiger partial charge in [0.15, 0.2) is 5.82 Å². The van der Waals surface area contributed by atoms with Crippen LogP contribution < -0.4 is 5.73 Å². The van der Waals surface area contributed by atoms with Gasteiger partial charge in [0.2, 0.25) is 0 Å². The molecule has 0 aliphatic carbocycles. The Morgan fingerprint density at radius 1 is 1.29 bits per heavy atom. The predicted molar refractivity (Wildman–Crippen MR) is 65.3 cm³/mol. The summed E-state index contributed by atoms with van der Waals surface area (Å²) in [5.41, 5.74) is 6.27. The Kier molecular flexibility index (Phi) is 3.11. The average molecular weight is 234 g/mol. The topological polar surface area (TPSA) is 70.7 Å². The molecule has 0 fully saturated rings. The van der Waals surface area contributed by atoms with Gasteiger partial charge in [0.25, 0.3) is 5.78 Å². The summed E-state index contributed by atoms with van der Waals surface area (Å²) in [7, 11) is 0. The molecule has 2 aromatic heterocycles. The lowest BCUT2D eigenvalue weighted by molar-refractivity contribution is -0.432. The van der Waals surface area contributed by atoms with Gasteiger partial charge in [-0.1, -0.05) is 13.8 Å². The number of aromatic nitrogens is 4. The molecule has 0 saturated heterocycles. The average Bonchev–Trinajstić information content (AvgIpc) is 2.59. The van der Waals surface area contributed by atoms with Crippen LogP contribution in [-0.4, -0.2) is 19.6 Å². The number of nitrogens with zero attached hydrogens (tertiary/aromatic N) is 4. The second kappa shape index (κ2) is 4.41. The molecule has 5 nitrogen and oxygen atoms in total. The molecule has 2 aromatic rings. The SMILES string of the molecule is Cc1cc(C)n2c([C@@H]([NH3+])CC(C)C)nnc2n1. The molecule has 5 heteroatoms. The normalized spacial score (nSPS) is 13.5. The molecule has 0 unspecified atom stereocenters. The van der Waals surface area contributed by atoms with Gasteiger partial charge < -0.3 is 5.73 Å². The molecule has 3 N–H and O–H groups in total. The number of hydrogen-bond donors (Lipinski definition) is 1. The van der Waals surface area contributed by atoms with E-state index in [9.17, 15) is 0 Å². The zero-order chi connectivity index (χ0) is 12.6.